The molecule has 0 aliphatic heterocycles. The van der Waals surface area contributed by atoms with Crippen molar-refractivity contribution in [1.29, 1.82) is 0 Å². The molecule has 1 aliphatic carbocycles. The van der Waals surface area contributed by atoms with Gasteiger partial charge in [0.2, 0.25) is 0 Å². The number of hydrogen-bond donors (Lipinski definition) is 0. The molecule has 1 aliphatic rings. The van der Waals surface area contributed by atoms with E-state index in [-0.39, 0.29) is 11.8 Å². The summed E-state index contributed by atoms with van der Waals surface area (Å²) < 4.78 is 10.9. The van der Waals surface area contributed by atoms with Gasteiger partial charge < -0.3 is 9.47 Å². The average molecular weight is 359 g/mol. The van der Waals surface area contributed by atoms with Crippen LogP contribution in [-0.2, 0) is 19.1 Å². The fraction of sp³-hybridized carbons (Fsp3) is 0.625. The van der Waals surface area contributed by atoms with Crippen molar-refractivity contribution < 1.29 is 19.1 Å². The highest BCUT2D eigenvalue weighted by atomic mass is 79.9. The minimum atomic E-state index is -1.00. The lowest BCUT2D eigenvalue weighted by Crippen LogP contribution is -2.40. The summed E-state index contributed by atoms with van der Waals surface area (Å²) in [6.07, 6.45) is 6.72. The molecule has 1 atom stereocenters. The molecule has 0 aromatic rings. The topological polar surface area (TPSA) is 52.6 Å². The van der Waals surface area contributed by atoms with E-state index in [2.05, 4.69) is 15.9 Å². The molecule has 0 aromatic carbocycles. The summed E-state index contributed by atoms with van der Waals surface area (Å²) in [6, 6.07) is 0. The fourth-order valence-electron chi connectivity index (χ4n) is 2.20. The van der Waals surface area contributed by atoms with Gasteiger partial charge in [0, 0.05) is 11.4 Å². The molecular weight excluding hydrogens is 336 g/mol. The second kappa shape index (κ2) is 7.25. The van der Waals surface area contributed by atoms with Crippen molar-refractivity contribution in [3.63, 3.8) is 0 Å². The highest BCUT2D eigenvalue weighted by Crippen LogP contribution is 2.40. The maximum atomic E-state index is 12.7. The number of ether oxygens (including phenoxy) is 2. The number of carbonyl (C=O) groups excluding carboxylic acids is 2. The van der Waals surface area contributed by atoms with Crippen LogP contribution in [0.25, 0.3) is 0 Å². The normalized spacial score (nSPS) is 22.0. The molecule has 0 saturated heterocycles. The number of alkyl halides is 1. The lowest BCUT2D eigenvalue weighted by Gasteiger charge is -2.34. The summed E-state index contributed by atoms with van der Waals surface area (Å²) in [6.45, 7) is 5.47. The molecule has 0 amide bonds. The van der Waals surface area contributed by atoms with Crippen LogP contribution < -0.4 is 0 Å². The van der Waals surface area contributed by atoms with Gasteiger partial charge in [-0.1, -0.05) is 28.4 Å². The number of ketones is 1. The first-order chi connectivity index (χ1) is 9.75. The number of hydrogen-bond acceptors (Lipinski definition) is 4. The highest BCUT2D eigenvalue weighted by molar-refractivity contribution is 9.09. The van der Waals surface area contributed by atoms with Crippen molar-refractivity contribution >= 4 is 27.7 Å². The Morgan fingerprint density at radius 1 is 1.33 bits per heavy atom. The third kappa shape index (κ3) is 4.70. The van der Waals surface area contributed by atoms with E-state index in [4.69, 9.17) is 9.47 Å². The molecular formula is C16H23BrO4. The predicted octanol–water partition coefficient (Wildman–Crippen LogP) is 3.55. The first-order valence-corrected chi connectivity index (χ1v) is 8.16. The van der Waals surface area contributed by atoms with E-state index in [1.54, 1.807) is 6.08 Å². The molecule has 0 N–H and O–H groups in total. The van der Waals surface area contributed by atoms with Gasteiger partial charge in [-0.15, -0.1) is 0 Å². The van der Waals surface area contributed by atoms with E-state index in [0.717, 1.165) is 18.2 Å². The van der Waals surface area contributed by atoms with E-state index in [1.165, 1.54) is 19.3 Å². The number of methoxy groups -OCH3 is 1. The van der Waals surface area contributed by atoms with Crippen molar-refractivity contribution in [1.82, 2.24) is 0 Å². The largest absolute Gasteiger partial charge is 0.499 e. The van der Waals surface area contributed by atoms with Crippen molar-refractivity contribution in [3.8, 4) is 0 Å². The van der Waals surface area contributed by atoms with Crippen LogP contribution >= 0.6 is 15.9 Å². The van der Waals surface area contributed by atoms with E-state index < -0.39 is 11.0 Å². The molecule has 0 heterocycles. The molecule has 0 aromatic heterocycles. The van der Waals surface area contributed by atoms with E-state index in [0.29, 0.717) is 12.2 Å². The van der Waals surface area contributed by atoms with Crippen LogP contribution in [0.15, 0.2) is 24.0 Å². The summed E-state index contributed by atoms with van der Waals surface area (Å²) in [7, 11) is 1.47. The van der Waals surface area contributed by atoms with Gasteiger partial charge in [0.15, 0.2) is 5.78 Å². The van der Waals surface area contributed by atoms with E-state index in [9.17, 15) is 9.59 Å². The number of allylic oxidation sites excluding steroid dienone is 2. The Morgan fingerprint density at radius 2 is 2.00 bits per heavy atom. The molecule has 118 valence electrons. The number of carbonyl (C=O) groups is 2. The summed E-state index contributed by atoms with van der Waals surface area (Å²) in [4.78, 5) is 24.2. The molecule has 1 unspecified atom stereocenters. The Morgan fingerprint density at radius 3 is 2.52 bits per heavy atom. The van der Waals surface area contributed by atoms with Gasteiger partial charge in [-0.05, 0) is 39.7 Å². The predicted molar refractivity (Wildman–Crippen MR) is 85.2 cm³/mol. The molecule has 0 saturated carbocycles. The first-order valence-electron chi connectivity index (χ1n) is 7.04. The lowest BCUT2D eigenvalue weighted by molar-refractivity contribution is -0.164. The van der Waals surface area contributed by atoms with Crippen LogP contribution in [0.2, 0.25) is 0 Å². The van der Waals surface area contributed by atoms with E-state index in [1.807, 2.05) is 20.8 Å². The van der Waals surface area contributed by atoms with Crippen molar-refractivity contribution in [2.45, 2.75) is 45.6 Å². The number of esters is 1. The quantitative estimate of drug-likeness (QED) is 0.414. The molecule has 0 fully saturated rings. The zero-order valence-corrected chi connectivity index (χ0v) is 14.7. The van der Waals surface area contributed by atoms with Crippen LogP contribution in [0.3, 0.4) is 0 Å². The van der Waals surface area contributed by atoms with Crippen molar-refractivity contribution in [3.05, 3.63) is 24.0 Å². The Hall–Kier alpha value is -1.10. The molecule has 5 heteroatoms. The highest BCUT2D eigenvalue weighted by Gasteiger charge is 2.45. The minimum absolute atomic E-state index is 0.175. The first kappa shape index (κ1) is 18.0. The average Bonchev–Trinajstić information content (AvgIpc) is 2.38. The van der Waals surface area contributed by atoms with Crippen LogP contribution in [0, 0.1) is 5.41 Å². The maximum absolute atomic E-state index is 12.7. The number of rotatable bonds is 6. The maximum Gasteiger partial charge on any atom is 0.324 e. The standard InChI is InChI=1S/C16H23BrO4/c1-15(2,3)21-14(19)16(8-5-6-10-17)9-7-12(18)11-13(16)20-4/h7,9,11H,5-6,8,10H2,1-4H3. The number of unbranched alkanes of at least 4 members (excludes halogenated alkanes) is 1. The third-order valence-electron chi connectivity index (χ3n) is 3.18. The van der Waals surface area contributed by atoms with Crippen LogP contribution in [0.5, 0.6) is 0 Å². The van der Waals surface area contributed by atoms with Gasteiger partial charge in [0.05, 0.1) is 7.11 Å². The Bertz CT molecular complexity index is 459. The fourth-order valence-corrected chi connectivity index (χ4v) is 2.59. The van der Waals surface area contributed by atoms with Gasteiger partial charge in [-0.3, -0.25) is 9.59 Å². The molecule has 21 heavy (non-hydrogen) atoms. The zero-order chi connectivity index (χ0) is 16.1. The Kier molecular flexibility index (Phi) is 6.20. The van der Waals surface area contributed by atoms with Gasteiger partial charge in [-0.25, -0.2) is 0 Å². The molecule has 0 radical (unpaired) electrons. The SMILES string of the molecule is COC1=CC(=O)C=CC1(CCCCBr)C(=O)OC(C)(C)C. The van der Waals surface area contributed by atoms with Crippen molar-refractivity contribution in [2.75, 3.05) is 12.4 Å². The van der Waals surface area contributed by atoms with Gasteiger partial charge in [0.1, 0.15) is 16.8 Å². The van der Waals surface area contributed by atoms with Crippen LogP contribution in [0.4, 0.5) is 0 Å². The smallest absolute Gasteiger partial charge is 0.324 e. The molecule has 0 bridgehead atoms. The summed E-state index contributed by atoms with van der Waals surface area (Å²) in [5, 5.41) is 0.867. The van der Waals surface area contributed by atoms with Gasteiger partial charge in [0.25, 0.3) is 0 Å². The van der Waals surface area contributed by atoms with Crippen LogP contribution in [0.1, 0.15) is 40.0 Å². The van der Waals surface area contributed by atoms with Crippen molar-refractivity contribution in [2.24, 2.45) is 5.41 Å². The van der Waals surface area contributed by atoms with Gasteiger partial charge >= 0.3 is 5.97 Å². The lowest BCUT2D eigenvalue weighted by atomic mass is 9.77. The Labute approximate surface area is 134 Å². The second-order valence-electron chi connectivity index (χ2n) is 6.07. The monoisotopic (exact) mass is 358 g/mol. The summed E-state index contributed by atoms with van der Waals surface area (Å²) in [5.74, 6) is -0.188. The zero-order valence-electron chi connectivity index (χ0n) is 13.1. The summed E-state index contributed by atoms with van der Waals surface area (Å²) in [5.41, 5.74) is -1.59. The molecule has 1 rings (SSSR count). The second-order valence-corrected chi connectivity index (χ2v) is 6.86. The third-order valence-corrected chi connectivity index (χ3v) is 3.74. The Balaban J connectivity index is 3.11. The van der Waals surface area contributed by atoms with E-state index >= 15 is 0 Å². The van der Waals surface area contributed by atoms with Gasteiger partial charge in [-0.2, -0.15) is 0 Å². The minimum Gasteiger partial charge on any atom is -0.499 e. The molecule has 4 nitrogen and oxygen atoms in total. The van der Waals surface area contributed by atoms with Crippen LogP contribution in [-0.4, -0.2) is 29.8 Å². The summed E-state index contributed by atoms with van der Waals surface area (Å²) >= 11 is 3.39. The number of halogens is 1. The molecule has 0 spiro atoms.